The summed E-state index contributed by atoms with van der Waals surface area (Å²) in [7, 11) is 0. The van der Waals surface area contributed by atoms with E-state index in [0.29, 0.717) is 10.7 Å². The number of hydrogen-bond acceptors (Lipinski definition) is 5. The summed E-state index contributed by atoms with van der Waals surface area (Å²) in [6.07, 6.45) is 1.58. The first-order valence-corrected chi connectivity index (χ1v) is 5.19. The zero-order chi connectivity index (χ0) is 10.7. The van der Waals surface area contributed by atoms with Gasteiger partial charge in [-0.3, -0.25) is 0 Å². The van der Waals surface area contributed by atoms with E-state index >= 15 is 0 Å². The third-order valence-electron chi connectivity index (χ3n) is 1.77. The maximum Gasteiger partial charge on any atom is 0.231 e. The molecule has 1 aromatic heterocycles. The molecule has 5 heteroatoms. The van der Waals surface area contributed by atoms with E-state index in [1.807, 2.05) is 13.0 Å². The largest absolute Gasteiger partial charge is 0.507 e. The number of aromatic nitrogens is 2. The van der Waals surface area contributed by atoms with Gasteiger partial charge in [-0.15, -0.1) is 10.2 Å². The van der Waals surface area contributed by atoms with Gasteiger partial charge >= 0.3 is 0 Å². The molecular formula is C10H9N3OS. The van der Waals surface area contributed by atoms with Crippen LogP contribution in [0.2, 0.25) is 0 Å². The summed E-state index contributed by atoms with van der Waals surface area (Å²) in [4.78, 5) is 4.12. The lowest BCUT2D eigenvalue weighted by Gasteiger charge is -1.94. The van der Waals surface area contributed by atoms with Crippen LogP contribution < -0.4 is 0 Å². The molecule has 0 atom stereocenters. The predicted octanol–water partition coefficient (Wildman–Crippen LogP) is 2.30. The van der Waals surface area contributed by atoms with Crippen molar-refractivity contribution >= 4 is 22.7 Å². The molecule has 0 amide bonds. The van der Waals surface area contributed by atoms with Gasteiger partial charge in [0.15, 0.2) is 0 Å². The Bertz CT molecular complexity index is 493. The molecule has 0 aliphatic heterocycles. The van der Waals surface area contributed by atoms with Gasteiger partial charge in [0.1, 0.15) is 10.8 Å². The SMILES string of the molecule is Cc1nnc(N=Cc2ccccc2O)s1. The van der Waals surface area contributed by atoms with Crippen molar-refractivity contribution in [3.8, 4) is 5.75 Å². The van der Waals surface area contributed by atoms with Crippen LogP contribution in [0.25, 0.3) is 0 Å². The first-order valence-electron chi connectivity index (χ1n) is 4.38. The summed E-state index contributed by atoms with van der Waals surface area (Å²) in [5, 5.41) is 18.6. The van der Waals surface area contributed by atoms with Crippen molar-refractivity contribution in [3.63, 3.8) is 0 Å². The highest BCUT2D eigenvalue weighted by molar-refractivity contribution is 7.14. The zero-order valence-electron chi connectivity index (χ0n) is 8.08. The quantitative estimate of drug-likeness (QED) is 0.788. The smallest absolute Gasteiger partial charge is 0.231 e. The average Bonchev–Trinajstić information content (AvgIpc) is 2.63. The molecule has 0 bridgehead atoms. The van der Waals surface area contributed by atoms with E-state index in [9.17, 15) is 5.11 Å². The van der Waals surface area contributed by atoms with Gasteiger partial charge in [-0.1, -0.05) is 23.5 Å². The Morgan fingerprint density at radius 3 is 2.80 bits per heavy atom. The van der Waals surface area contributed by atoms with Gasteiger partial charge in [-0.05, 0) is 19.1 Å². The zero-order valence-corrected chi connectivity index (χ0v) is 8.90. The summed E-state index contributed by atoms with van der Waals surface area (Å²) < 4.78 is 0. The molecule has 15 heavy (non-hydrogen) atoms. The molecule has 1 aromatic carbocycles. The molecule has 0 aliphatic rings. The molecule has 2 rings (SSSR count). The van der Waals surface area contributed by atoms with Crippen LogP contribution in [0.15, 0.2) is 29.3 Å². The lowest BCUT2D eigenvalue weighted by molar-refractivity contribution is 0.474. The van der Waals surface area contributed by atoms with Gasteiger partial charge in [0.05, 0.1) is 0 Å². The Morgan fingerprint density at radius 2 is 2.13 bits per heavy atom. The number of phenols is 1. The maximum atomic E-state index is 9.47. The van der Waals surface area contributed by atoms with Crippen molar-refractivity contribution in [3.05, 3.63) is 34.8 Å². The summed E-state index contributed by atoms with van der Waals surface area (Å²) in [6, 6.07) is 7.01. The van der Waals surface area contributed by atoms with Gasteiger partial charge in [0, 0.05) is 11.8 Å². The molecule has 0 saturated heterocycles. The Balaban J connectivity index is 2.22. The van der Waals surface area contributed by atoms with Crippen LogP contribution in [0.5, 0.6) is 5.75 Å². The predicted molar refractivity (Wildman–Crippen MR) is 60.0 cm³/mol. The fraction of sp³-hybridized carbons (Fsp3) is 0.100. The molecule has 0 spiro atoms. The molecule has 1 heterocycles. The Morgan fingerprint density at radius 1 is 1.33 bits per heavy atom. The molecule has 0 saturated carbocycles. The molecule has 76 valence electrons. The first-order chi connectivity index (χ1) is 7.25. The lowest BCUT2D eigenvalue weighted by Crippen LogP contribution is -1.80. The maximum absolute atomic E-state index is 9.47. The van der Waals surface area contributed by atoms with Gasteiger partial charge < -0.3 is 5.11 Å². The molecule has 2 aromatic rings. The van der Waals surface area contributed by atoms with E-state index in [1.165, 1.54) is 11.3 Å². The normalized spacial score (nSPS) is 11.0. The number of rotatable bonds is 2. The molecule has 0 fully saturated rings. The van der Waals surface area contributed by atoms with E-state index < -0.39 is 0 Å². The summed E-state index contributed by atoms with van der Waals surface area (Å²) in [6.45, 7) is 1.87. The molecule has 0 aliphatic carbocycles. The summed E-state index contributed by atoms with van der Waals surface area (Å²) in [5.41, 5.74) is 0.672. The van der Waals surface area contributed by atoms with Gasteiger partial charge in [-0.2, -0.15) is 0 Å². The lowest BCUT2D eigenvalue weighted by atomic mass is 10.2. The van der Waals surface area contributed by atoms with Crippen molar-refractivity contribution in [1.82, 2.24) is 10.2 Å². The molecule has 0 radical (unpaired) electrons. The fourth-order valence-electron chi connectivity index (χ4n) is 1.06. The second-order valence-corrected chi connectivity index (χ2v) is 4.08. The monoisotopic (exact) mass is 219 g/mol. The Labute approximate surface area is 91.0 Å². The molecule has 1 N–H and O–H groups in total. The minimum absolute atomic E-state index is 0.211. The van der Waals surface area contributed by atoms with Crippen molar-refractivity contribution in [2.45, 2.75) is 6.92 Å². The van der Waals surface area contributed by atoms with Crippen LogP contribution in [0.3, 0.4) is 0 Å². The second-order valence-electron chi connectivity index (χ2n) is 2.92. The molecule has 0 unspecified atom stereocenters. The van der Waals surface area contributed by atoms with Crippen LogP contribution in [0, 0.1) is 6.92 Å². The minimum Gasteiger partial charge on any atom is -0.507 e. The third-order valence-corrected chi connectivity index (χ3v) is 2.51. The minimum atomic E-state index is 0.211. The number of aryl methyl sites for hydroxylation is 1. The number of aliphatic imine (C=N–C) groups is 1. The van der Waals surface area contributed by atoms with Crippen LogP contribution in [-0.2, 0) is 0 Å². The van der Waals surface area contributed by atoms with Crippen molar-refractivity contribution in [2.24, 2.45) is 4.99 Å². The number of benzene rings is 1. The average molecular weight is 219 g/mol. The second kappa shape index (κ2) is 4.18. The van der Waals surface area contributed by atoms with Gasteiger partial charge in [0.2, 0.25) is 5.13 Å². The van der Waals surface area contributed by atoms with Gasteiger partial charge in [0.25, 0.3) is 0 Å². The fourth-order valence-corrected chi connectivity index (χ4v) is 1.59. The summed E-state index contributed by atoms with van der Waals surface area (Å²) >= 11 is 1.41. The van der Waals surface area contributed by atoms with Crippen LogP contribution in [0.1, 0.15) is 10.6 Å². The van der Waals surface area contributed by atoms with Gasteiger partial charge in [-0.25, -0.2) is 4.99 Å². The Hall–Kier alpha value is -1.75. The standard InChI is InChI=1S/C10H9N3OS/c1-7-12-13-10(15-7)11-6-8-4-2-3-5-9(8)14/h2-6,14H,1H3. The van der Waals surface area contributed by atoms with Crippen LogP contribution >= 0.6 is 11.3 Å². The van der Waals surface area contributed by atoms with E-state index in [1.54, 1.807) is 24.4 Å². The van der Waals surface area contributed by atoms with E-state index in [4.69, 9.17) is 0 Å². The highest BCUT2D eigenvalue weighted by atomic mass is 32.1. The van der Waals surface area contributed by atoms with Crippen molar-refractivity contribution in [2.75, 3.05) is 0 Å². The number of phenolic OH excluding ortho intramolecular Hbond substituents is 1. The first kappa shape index (κ1) is 9.79. The number of hydrogen-bond donors (Lipinski definition) is 1. The van der Waals surface area contributed by atoms with Crippen LogP contribution in [0.4, 0.5) is 5.13 Å². The molecular weight excluding hydrogens is 210 g/mol. The molecule has 4 nitrogen and oxygen atoms in total. The van der Waals surface area contributed by atoms with E-state index in [2.05, 4.69) is 15.2 Å². The number of para-hydroxylation sites is 1. The van der Waals surface area contributed by atoms with Crippen molar-refractivity contribution < 1.29 is 5.11 Å². The van der Waals surface area contributed by atoms with E-state index in [-0.39, 0.29) is 5.75 Å². The highest BCUT2D eigenvalue weighted by Crippen LogP contribution is 2.19. The number of nitrogens with zero attached hydrogens (tertiary/aromatic N) is 3. The van der Waals surface area contributed by atoms with E-state index in [0.717, 1.165) is 5.01 Å². The third kappa shape index (κ3) is 2.38. The Kier molecular flexibility index (Phi) is 2.73. The topological polar surface area (TPSA) is 58.4 Å². The highest BCUT2D eigenvalue weighted by Gasteiger charge is 1.98. The summed E-state index contributed by atoms with van der Waals surface area (Å²) in [5.74, 6) is 0.211. The van der Waals surface area contributed by atoms with Crippen molar-refractivity contribution in [1.29, 1.82) is 0 Å². The number of aromatic hydroxyl groups is 1. The van der Waals surface area contributed by atoms with Crippen LogP contribution in [-0.4, -0.2) is 21.5 Å².